The molecule has 0 bridgehead atoms. The summed E-state index contributed by atoms with van der Waals surface area (Å²) < 4.78 is 0. The molecule has 1 aliphatic carbocycles. The lowest BCUT2D eigenvalue weighted by atomic mass is 10.0. The normalized spacial score (nSPS) is 15.4. The molecule has 1 aliphatic rings. The van der Waals surface area contributed by atoms with Gasteiger partial charge in [-0.3, -0.25) is 0 Å². The molecule has 0 unspecified atom stereocenters. The lowest BCUT2D eigenvalue weighted by Crippen LogP contribution is -2.20. The highest BCUT2D eigenvalue weighted by Crippen LogP contribution is 2.42. The SMILES string of the molecule is C=C(NC(C)C)c1ccccc1C1CC1. The Morgan fingerprint density at radius 3 is 2.60 bits per heavy atom. The summed E-state index contributed by atoms with van der Waals surface area (Å²) >= 11 is 0. The van der Waals surface area contributed by atoms with Crippen LogP contribution >= 0.6 is 0 Å². The van der Waals surface area contributed by atoms with Gasteiger partial charge in [0.15, 0.2) is 0 Å². The first-order valence-corrected chi connectivity index (χ1v) is 5.73. The number of nitrogens with one attached hydrogen (secondary N) is 1. The van der Waals surface area contributed by atoms with E-state index in [0.717, 1.165) is 11.6 Å². The topological polar surface area (TPSA) is 12.0 Å². The summed E-state index contributed by atoms with van der Waals surface area (Å²) in [5, 5.41) is 3.39. The van der Waals surface area contributed by atoms with Crippen LogP contribution in [0.4, 0.5) is 0 Å². The molecule has 0 aliphatic heterocycles. The van der Waals surface area contributed by atoms with Crippen molar-refractivity contribution in [3.63, 3.8) is 0 Å². The highest BCUT2D eigenvalue weighted by atomic mass is 14.9. The van der Waals surface area contributed by atoms with Crippen LogP contribution in [-0.4, -0.2) is 6.04 Å². The van der Waals surface area contributed by atoms with E-state index in [2.05, 4.69) is 50.0 Å². The zero-order chi connectivity index (χ0) is 10.8. The fraction of sp³-hybridized carbons (Fsp3) is 0.429. The Kier molecular flexibility index (Phi) is 2.81. The van der Waals surface area contributed by atoms with E-state index < -0.39 is 0 Å². The second-order valence-electron chi connectivity index (χ2n) is 4.64. The third-order valence-corrected chi connectivity index (χ3v) is 2.77. The van der Waals surface area contributed by atoms with Gasteiger partial charge in [0.05, 0.1) is 0 Å². The predicted octanol–water partition coefficient (Wildman–Crippen LogP) is 3.53. The first-order chi connectivity index (χ1) is 7.18. The van der Waals surface area contributed by atoms with E-state index in [9.17, 15) is 0 Å². The van der Waals surface area contributed by atoms with Crippen molar-refractivity contribution in [1.29, 1.82) is 0 Å². The molecule has 1 heteroatoms. The Bertz CT molecular complexity index is 361. The van der Waals surface area contributed by atoms with Gasteiger partial charge in [0.2, 0.25) is 0 Å². The largest absolute Gasteiger partial charge is 0.383 e. The van der Waals surface area contributed by atoms with E-state index in [0.29, 0.717) is 6.04 Å². The van der Waals surface area contributed by atoms with E-state index in [-0.39, 0.29) is 0 Å². The summed E-state index contributed by atoms with van der Waals surface area (Å²) in [4.78, 5) is 0. The molecule has 0 saturated heterocycles. The van der Waals surface area contributed by atoms with Crippen LogP contribution in [0.25, 0.3) is 5.70 Å². The lowest BCUT2D eigenvalue weighted by molar-refractivity contribution is 0.717. The molecule has 1 N–H and O–H groups in total. The van der Waals surface area contributed by atoms with Gasteiger partial charge in [0, 0.05) is 17.3 Å². The van der Waals surface area contributed by atoms with Gasteiger partial charge in [-0.15, -0.1) is 0 Å². The molecule has 0 spiro atoms. The Morgan fingerprint density at radius 2 is 2.00 bits per heavy atom. The molecule has 0 heterocycles. The maximum atomic E-state index is 4.12. The van der Waals surface area contributed by atoms with Crippen LogP contribution in [0.5, 0.6) is 0 Å². The van der Waals surface area contributed by atoms with Gasteiger partial charge >= 0.3 is 0 Å². The van der Waals surface area contributed by atoms with Gasteiger partial charge in [-0.25, -0.2) is 0 Å². The summed E-state index contributed by atoms with van der Waals surface area (Å²) in [5.41, 5.74) is 3.83. The molecule has 1 aromatic rings. The third kappa shape index (κ3) is 2.41. The molecule has 1 saturated carbocycles. The van der Waals surface area contributed by atoms with E-state index in [1.807, 2.05) is 0 Å². The maximum absolute atomic E-state index is 4.12. The van der Waals surface area contributed by atoms with E-state index in [1.54, 1.807) is 0 Å². The quantitative estimate of drug-likeness (QED) is 0.785. The van der Waals surface area contributed by atoms with Crippen LogP contribution in [0.3, 0.4) is 0 Å². The maximum Gasteiger partial charge on any atom is 0.0345 e. The fourth-order valence-corrected chi connectivity index (χ4v) is 1.95. The van der Waals surface area contributed by atoms with Gasteiger partial charge in [0.1, 0.15) is 0 Å². The highest BCUT2D eigenvalue weighted by molar-refractivity contribution is 5.66. The van der Waals surface area contributed by atoms with E-state index in [4.69, 9.17) is 0 Å². The van der Waals surface area contributed by atoms with Crippen LogP contribution < -0.4 is 5.32 Å². The number of benzene rings is 1. The van der Waals surface area contributed by atoms with Gasteiger partial charge in [0.25, 0.3) is 0 Å². The van der Waals surface area contributed by atoms with Crippen molar-refractivity contribution in [2.24, 2.45) is 0 Å². The second kappa shape index (κ2) is 4.09. The predicted molar refractivity (Wildman–Crippen MR) is 65.7 cm³/mol. The van der Waals surface area contributed by atoms with E-state index >= 15 is 0 Å². The van der Waals surface area contributed by atoms with Gasteiger partial charge < -0.3 is 5.32 Å². The first-order valence-electron chi connectivity index (χ1n) is 5.73. The number of hydrogen-bond donors (Lipinski definition) is 1. The van der Waals surface area contributed by atoms with E-state index in [1.165, 1.54) is 24.0 Å². The van der Waals surface area contributed by atoms with Crippen LogP contribution in [-0.2, 0) is 0 Å². The van der Waals surface area contributed by atoms with Crippen LogP contribution in [0.15, 0.2) is 30.8 Å². The molecule has 15 heavy (non-hydrogen) atoms. The fourth-order valence-electron chi connectivity index (χ4n) is 1.95. The summed E-state index contributed by atoms with van der Waals surface area (Å²) in [6.45, 7) is 8.41. The zero-order valence-electron chi connectivity index (χ0n) is 9.59. The van der Waals surface area contributed by atoms with Crippen LogP contribution in [0.1, 0.15) is 43.7 Å². The van der Waals surface area contributed by atoms with Crippen molar-refractivity contribution in [3.8, 4) is 0 Å². The Hall–Kier alpha value is -1.24. The molecule has 0 radical (unpaired) electrons. The number of hydrogen-bond acceptors (Lipinski definition) is 1. The van der Waals surface area contributed by atoms with Crippen LogP contribution in [0, 0.1) is 0 Å². The Balaban J connectivity index is 2.22. The minimum atomic E-state index is 0.449. The molecular weight excluding hydrogens is 182 g/mol. The minimum Gasteiger partial charge on any atom is -0.383 e. The standard InChI is InChI=1S/C14H19N/c1-10(2)15-11(3)13-6-4-5-7-14(13)12-8-9-12/h4-7,10,12,15H,3,8-9H2,1-2H3. The van der Waals surface area contributed by atoms with Gasteiger partial charge in [-0.2, -0.15) is 0 Å². The van der Waals surface area contributed by atoms with Crippen molar-refractivity contribution < 1.29 is 0 Å². The van der Waals surface area contributed by atoms with Crippen molar-refractivity contribution >= 4 is 5.70 Å². The van der Waals surface area contributed by atoms with Crippen molar-refractivity contribution in [2.45, 2.75) is 38.6 Å². The third-order valence-electron chi connectivity index (χ3n) is 2.77. The second-order valence-corrected chi connectivity index (χ2v) is 4.64. The molecule has 2 rings (SSSR count). The van der Waals surface area contributed by atoms with Gasteiger partial charge in [-0.1, -0.05) is 30.8 Å². The summed E-state index contributed by atoms with van der Waals surface area (Å²) in [7, 11) is 0. The smallest absolute Gasteiger partial charge is 0.0345 e. The summed E-state index contributed by atoms with van der Waals surface area (Å²) in [6.07, 6.45) is 2.68. The molecule has 0 atom stereocenters. The Labute approximate surface area is 92.2 Å². The zero-order valence-corrected chi connectivity index (χ0v) is 9.59. The molecular formula is C14H19N. The average molecular weight is 201 g/mol. The first kappa shape index (κ1) is 10.3. The molecule has 1 fully saturated rings. The molecule has 0 amide bonds. The van der Waals surface area contributed by atoms with Crippen LogP contribution in [0.2, 0.25) is 0 Å². The molecule has 80 valence electrons. The molecule has 1 nitrogen and oxygen atoms in total. The monoisotopic (exact) mass is 201 g/mol. The average Bonchev–Trinajstić information content (AvgIpc) is 3.00. The van der Waals surface area contributed by atoms with Crippen molar-refractivity contribution in [3.05, 3.63) is 42.0 Å². The molecule has 0 aromatic heterocycles. The van der Waals surface area contributed by atoms with Crippen molar-refractivity contribution in [1.82, 2.24) is 5.32 Å². The molecule has 1 aromatic carbocycles. The summed E-state index contributed by atoms with van der Waals surface area (Å²) in [5.74, 6) is 0.784. The lowest BCUT2D eigenvalue weighted by Gasteiger charge is -2.16. The van der Waals surface area contributed by atoms with Crippen molar-refractivity contribution in [2.75, 3.05) is 0 Å². The minimum absolute atomic E-state index is 0.449. The number of rotatable bonds is 4. The van der Waals surface area contributed by atoms with Gasteiger partial charge in [-0.05, 0) is 38.2 Å². The Morgan fingerprint density at radius 1 is 1.33 bits per heavy atom. The highest BCUT2D eigenvalue weighted by Gasteiger charge is 2.26. The summed E-state index contributed by atoms with van der Waals surface area (Å²) in [6, 6.07) is 9.07.